The highest BCUT2D eigenvalue weighted by Crippen LogP contribution is 2.42. The number of hydrogen-bond donors (Lipinski definition) is 2. The average molecular weight is 356 g/mol. The SMILES string of the molecule is O=C1CC(c2ccsc2)c2c(c(C(=O)O)cn2-c2ccccc2F)N1. The maximum atomic E-state index is 14.3. The number of carbonyl (C=O) groups is 2. The second-order valence-corrected chi connectivity index (χ2v) is 6.57. The summed E-state index contributed by atoms with van der Waals surface area (Å²) in [7, 11) is 0. The van der Waals surface area contributed by atoms with Crippen LogP contribution in [0.2, 0.25) is 0 Å². The van der Waals surface area contributed by atoms with E-state index < -0.39 is 11.8 Å². The van der Waals surface area contributed by atoms with Crippen LogP contribution in [0.1, 0.15) is 34.0 Å². The lowest BCUT2D eigenvalue weighted by Gasteiger charge is -2.25. The van der Waals surface area contributed by atoms with E-state index in [4.69, 9.17) is 0 Å². The summed E-state index contributed by atoms with van der Waals surface area (Å²) in [6, 6.07) is 8.07. The van der Waals surface area contributed by atoms with Crippen molar-refractivity contribution in [3.63, 3.8) is 0 Å². The topological polar surface area (TPSA) is 71.3 Å². The Labute approximate surface area is 146 Å². The zero-order valence-electron chi connectivity index (χ0n) is 12.9. The predicted molar refractivity (Wildman–Crippen MR) is 92.1 cm³/mol. The summed E-state index contributed by atoms with van der Waals surface area (Å²) in [5.41, 5.74) is 1.94. The number of carboxylic acids is 1. The first-order valence-corrected chi connectivity index (χ1v) is 8.56. The van der Waals surface area contributed by atoms with E-state index >= 15 is 0 Å². The van der Waals surface area contributed by atoms with E-state index in [0.29, 0.717) is 5.69 Å². The third-order valence-corrected chi connectivity index (χ3v) is 5.02. The Balaban J connectivity index is 2.01. The molecule has 2 aromatic heterocycles. The van der Waals surface area contributed by atoms with Gasteiger partial charge in [-0.25, -0.2) is 9.18 Å². The molecular weight excluding hydrogens is 343 g/mol. The molecule has 1 unspecified atom stereocenters. The number of nitrogens with one attached hydrogen (secondary N) is 1. The lowest BCUT2D eigenvalue weighted by Crippen LogP contribution is -2.25. The maximum Gasteiger partial charge on any atom is 0.339 e. The lowest BCUT2D eigenvalue weighted by molar-refractivity contribution is -0.116. The Bertz CT molecular complexity index is 978. The van der Waals surface area contributed by atoms with Gasteiger partial charge in [0.1, 0.15) is 11.4 Å². The fraction of sp³-hybridized carbons (Fsp3) is 0.111. The Morgan fingerprint density at radius 3 is 2.80 bits per heavy atom. The van der Waals surface area contributed by atoms with Crippen LogP contribution in [0.25, 0.3) is 5.69 Å². The maximum absolute atomic E-state index is 14.3. The monoisotopic (exact) mass is 356 g/mol. The number of aromatic nitrogens is 1. The normalized spacial score (nSPS) is 16.4. The van der Waals surface area contributed by atoms with Crippen LogP contribution in [-0.4, -0.2) is 21.6 Å². The van der Waals surface area contributed by atoms with Crippen molar-refractivity contribution in [3.8, 4) is 5.69 Å². The third kappa shape index (κ3) is 2.53. The molecule has 0 aliphatic carbocycles. The molecule has 126 valence electrons. The molecular formula is C18H13FN2O3S. The van der Waals surface area contributed by atoms with Gasteiger partial charge in [-0.3, -0.25) is 4.79 Å². The van der Waals surface area contributed by atoms with E-state index in [0.717, 1.165) is 5.56 Å². The molecule has 0 radical (unpaired) electrons. The largest absolute Gasteiger partial charge is 0.478 e. The van der Waals surface area contributed by atoms with E-state index in [1.165, 1.54) is 28.2 Å². The standard InChI is InChI=1S/C18H13FN2O3S/c19-13-3-1-2-4-14(13)21-8-12(18(23)24)16-17(21)11(7-15(22)20-16)10-5-6-25-9-10/h1-6,8-9,11H,7H2,(H,20,22)(H,23,24). The van der Waals surface area contributed by atoms with Crippen LogP contribution >= 0.6 is 11.3 Å². The van der Waals surface area contributed by atoms with Crippen molar-refractivity contribution < 1.29 is 19.1 Å². The number of carbonyl (C=O) groups excluding carboxylic acids is 1. The van der Waals surface area contributed by atoms with Gasteiger partial charge in [0.2, 0.25) is 5.91 Å². The van der Waals surface area contributed by atoms with Crippen molar-refractivity contribution in [2.45, 2.75) is 12.3 Å². The number of aromatic carboxylic acids is 1. The molecule has 0 spiro atoms. The molecule has 5 nitrogen and oxygen atoms in total. The molecule has 1 aromatic carbocycles. The van der Waals surface area contributed by atoms with Crippen LogP contribution in [-0.2, 0) is 4.79 Å². The number of rotatable bonds is 3. The highest BCUT2D eigenvalue weighted by atomic mass is 32.1. The van der Waals surface area contributed by atoms with Crippen molar-refractivity contribution >= 4 is 28.9 Å². The first-order chi connectivity index (χ1) is 12.1. The third-order valence-electron chi connectivity index (χ3n) is 4.32. The van der Waals surface area contributed by atoms with Gasteiger partial charge in [-0.05, 0) is 34.5 Å². The molecule has 3 heterocycles. The Kier molecular flexibility index (Phi) is 3.65. The van der Waals surface area contributed by atoms with E-state index in [1.54, 1.807) is 18.2 Å². The minimum Gasteiger partial charge on any atom is -0.478 e. The van der Waals surface area contributed by atoms with Crippen LogP contribution in [0.3, 0.4) is 0 Å². The molecule has 4 rings (SSSR count). The number of para-hydroxylation sites is 1. The van der Waals surface area contributed by atoms with Crippen molar-refractivity contribution in [1.82, 2.24) is 4.57 Å². The number of halogens is 1. The summed E-state index contributed by atoms with van der Waals surface area (Å²) >= 11 is 1.50. The van der Waals surface area contributed by atoms with Gasteiger partial charge in [0, 0.05) is 18.5 Å². The minimum atomic E-state index is -1.17. The Hall–Kier alpha value is -2.93. The van der Waals surface area contributed by atoms with Gasteiger partial charge >= 0.3 is 5.97 Å². The summed E-state index contributed by atoms with van der Waals surface area (Å²) in [5, 5.41) is 16.0. The van der Waals surface area contributed by atoms with E-state index in [2.05, 4.69) is 5.32 Å². The zero-order valence-corrected chi connectivity index (χ0v) is 13.7. The van der Waals surface area contributed by atoms with Crippen LogP contribution in [0.5, 0.6) is 0 Å². The molecule has 1 amide bonds. The molecule has 7 heteroatoms. The summed E-state index contributed by atoms with van der Waals surface area (Å²) in [4.78, 5) is 23.8. The first-order valence-electron chi connectivity index (χ1n) is 7.61. The Morgan fingerprint density at radius 1 is 1.32 bits per heavy atom. The van der Waals surface area contributed by atoms with Gasteiger partial charge in [-0.2, -0.15) is 11.3 Å². The predicted octanol–water partition coefficient (Wildman–Crippen LogP) is 3.85. The second kappa shape index (κ2) is 5.86. The summed E-state index contributed by atoms with van der Waals surface area (Å²) in [6.45, 7) is 0. The molecule has 25 heavy (non-hydrogen) atoms. The average Bonchev–Trinajstić information content (AvgIpc) is 3.22. The minimum absolute atomic E-state index is 0.0495. The van der Waals surface area contributed by atoms with Gasteiger partial charge in [0.15, 0.2) is 0 Å². The number of hydrogen-bond acceptors (Lipinski definition) is 3. The number of anilines is 1. The number of carboxylic acid groups (broad SMARTS) is 1. The molecule has 0 saturated carbocycles. The molecule has 0 fully saturated rings. The fourth-order valence-corrected chi connectivity index (χ4v) is 3.94. The smallest absolute Gasteiger partial charge is 0.339 e. The summed E-state index contributed by atoms with van der Waals surface area (Å²) in [5.74, 6) is -2.21. The Morgan fingerprint density at radius 2 is 2.12 bits per heavy atom. The number of thiophene rings is 1. The first kappa shape index (κ1) is 15.6. The van der Waals surface area contributed by atoms with Crippen molar-refractivity contribution in [2.75, 3.05) is 5.32 Å². The van der Waals surface area contributed by atoms with E-state index in [1.807, 2.05) is 16.8 Å². The van der Waals surface area contributed by atoms with Gasteiger partial charge < -0.3 is 15.0 Å². The van der Waals surface area contributed by atoms with Gasteiger partial charge in [-0.15, -0.1) is 0 Å². The molecule has 2 N–H and O–H groups in total. The molecule has 3 aromatic rings. The highest BCUT2D eigenvalue weighted by Gasteiger charge is 2.34. The molecule has 1 aliphatic heterocycles. The quantitative estimate of drug-likeness (QED) is 0.749. The van der Waals surface area contributed by atoms with E-state index in [-0.39, 0.29) is 35.2 Å². The van der Waals surface area contributed by atoms with E-state index in [9.17, 15) is 19.1 Å². The molecule has 0 bridgehead atoms. The van der Waals surface area contributed by atoms with Gasteiger partial charge in [0.05, 0.1) is 17.1 Å². The highest BCUT2D eigenvalue weighted by molar-refractivity contribution is 7.08. The number of benzene rings is 1. The van der Waals surface area contributed by atoms with Crippen LogP contribution < -0.4 is 5.32 Å². The second-order valence-electron chi connectivity index (χ2n) is 5.79. The fourth-order valence-electron chi connectivity index (χ4n) is 3.23. The number of amides is 1. The van der Waals surface area contributed by atoms with Crippen molar-refractivity contribution in [2.24, 2.45) is 0 Å². The van der Waals surface area contributed by atoms with Gasteiger partial charge in [0.25, 0.3) is 0 Å². The molecule has 1 aliphatic rings. The summed E-state index contributed by atoms with van der Waals surface area (Å²) in [6.07, 6.45) is 1.55. The van der Waals surface area contributed by atoms with Crippen molar-refractivity contribution in [3.05, 3.63) is 69.9 Å². The number of fused-ring (bicyclic) bond motifs is 1. The van der Waals surface area contributed by atoms with Crippen LogP contribution in [0.4, 0.5) is 10.1 Å². The molecule has 1 atom stereocenters. The van der Waals surface area contributed by atoms with Crippen molar-refractivity contribution in [1.29, 1.82) is 0 Å². The zero-order chi connectivity index (χ0) is 17.6. The van der Waals surface area contributed by atoms with Crippen LogP contribution in [0.15, 0.2) is 47.3 Å². The summed E-state index contributed by atoms with van der Waals surface area (Å²) < 4.78 is 15.9. The van der Waals surface area contributed by atoms with Gasteiger partial charge in [-0.1, -0.05) is 12.1 Å². The lowest BCUT2D eigenvalue weighted by atomic mass is 9.90. The molecule has 0 saturated heterocycles. The van der Waals surface area contributed by atoms with Crippen LogP contribution in [0, 0.1) is 5.82 Å². The number of nitrogens with zero attached hydrogens (tertiary/aromatic N) is 1.